The van der Waals surface area contributed by atoms with Crippen molar-refractivity contribution in [3.05, 3.63) is 172 Å². The quantitative estimate of drug-likeness (QED) is 0.132. The fraction of sp³-hybridized carbons (Fsp3) is 0.471. The van der Waals surface area contributed by atoms with Crippen molar-refractivity contribution in [3.8, 4) is 22.3 Å². The Hall–Kier alpha value is -4.88. The van der Waals surface area contributed by atoms with Crippen LogP contribution < -0.4 is 4.90 Å². The molecule has 0 radical (unpaired) electrons. The van der Waals surface area contributed by atoms with Gasteiger partial charge in [0, 0.05) is 22.5 Å². The van der Waals surface area contributed by atoms with Crippen LogP contribution in [0.5, 0.6) is 0 Å². The second kappa shape index (κ2) is 20.1. The molecule has 1 heteroatoms. The lowest BCUT2D eigenvalue weighted by molar-refractivity contribution is 0.428. The first kappa shape index (κ1) is 45.3. The third-order valence-electron chi connectivity index (χ3n) is 19.2. The van der Waals surface area contributed by atoms with Crippen LogP contribution in [0, 0.1) is 0 Å². The molecule has 1 unspecified atom stereocenters. The van der Waals surface area contributed by atoms with E-state index in [1.807, 2.05) is 0 Å². The molecule has 5 fully saturated rings. The molecule has 0 aliphatic heterocycles. The van der Waals surface area contributed by atoms with E-state index in [4.69, 9.17) is 0 Å². The van der Waals surface area contributed by atoms with Crippen LogP contribution in [0.15, 0.2) is 127 Å². The highest BCUT2D eigenvalue weighted by Crippen LogP contribution is 2.55. The number of benzene rings is 6. The fourth-order valence-electron chi connectivity index (χ4n) is 15.2. The van der Waals surface area contributed by atoms with Gasteiger partial charge >= 0.3 is 0 Å². The minimum atomic E-state index is -0.262. The van der Waals surface area contributed by atoms with Crippen LogP contribution >= 0.6 is 0 Å². The number of fused-ring (bicyclic) bond motifs is 3. The van der Waals surface area contributed by atoms with Crippen LogP contribution in [-0.4, -0.2) is 0 Å². The first-order valence-electron chi connectivity index (χ1n) is 28.6. The van der Waals surface area contributed by atoms with Crippen molar-refractivity contribution in [2.24, 2.45) is 0 Å². The van der Waals surface area contributed by atoms with Gasteiger partial charge in [-0.2, -0.15) is 0 Å². The molecule has 0 bridgehead atoms. The van der Waals surface area contributed by atoms with Gasteiger partial charge < -0.3 is 4.90 Å². The third kappa shape index (κ3) is 8.86. The summed E-state index contributed by atoms with van der Waals surface area (Å²) in [6, 6.07) is 52.0. The highest BCUT2D eigenvalue weighted by atomic mass is 15.1. The summed E-state index contributed by atoms with van der Waals surface area (Å²) in [6.45, 7) is 2.50. The summed E-state index contributed by atoms with van der Waals surface area (Å²) in [6.07, 6.45) is 34.2. The summed E-state index contributed by atoms with van der Waals surface area (Å²) in [4.78, 5) is 2.58. The molecule has 0 amide bonds. The standard InChI is InChI=1S/C68H79N/c1-68(57-37-31-51(32-38-57)48-19-7-2-8-20-48)65-30-18-17-29-61(65)62-44-43-60(47-66(62)68)69(58-39-33-52(34-40-58)49-21-9-3-10-22-49)59-41-35-55(36-42-59)67-63(53-25-13-5-14-26-53)45-56(50-23-11-4-12-24-50)46-64(67)54-27-15-6-16-28-54/h17-18,29-50,53-54H,2-16,19-28H2,1H3. The lowest BCUT2D eigenvalue weighted by Gasteiger charge is -2.33. The van der Waals surface area contributed by atoms with Crippen LogP contribution in [0.4, 0.5) is 17.1 Å². The molecule has 6 aromatic carbocycles. The van der Waals surface area contributed by atoms with Gasteiger partial charge in [-0.15, -0.1) is 0 Å². The van der Waals surface area contributed by atoms with E-state index in [0.29, 0.717) is 23.7 Å². The zero-order valence-corrected chi connectivity index (χ0v) is 42.1. The first-order chi connectivity index (χ1) is 34.1. The first-order valence-corrected chi connectivity index (χ1v) is 28.6. The van der Waals surface area contributed by atoms with E-state index in [9.17, 15) is 0 Å². The van der Waals surface area contributed by atoms with Gasteiger partial charge in [-0.05, 0) is 204 Å². The van der Waals surface area contributed by atoms with E-state index in [-0.39, 0.29) is 5.41 Å². The molecule has 6 aliphatic rings. The van der Waals surface area contributed by atoms with E-state index in [1.54, 1.807) is 22.3 Å². The fourth-order valence-corrected chi connectivity index (χ4v) is 15.2. The Balaban J connectivity index is 0.971. The van der Waals surface area contributed by atoms with Gasteiger partial charge in [0.05, 0.1) is 0 Å². The normalized spacial score (nSPS) is 22.0. The van der Waals surface area contributed by atoms with Crippen molar-refractivity contribution in [3.63, 3.8) is 0 Å². The Morgan fingerprint density at radius 2 is 0.754 bits per heavy atom. The molecule has 5 saturated carbocycles. The van der Waals surface area contributed by atoms with Gasteiger partial charge in [0.25, 0.3) is 0 Å². The topological polar surface area (TPSA) is 3.24 Å². The monoisotopic (exact) mass is 910 g/mol. The van der Waals surface area contributed by atoms with Gasteiger partial charge in [-0.3, -0.25) is 0 Å². The molecule has 6 aliphatic carbocycles. The van der Waals surface area contributed by atoms with Crippen LogP contribution in [0.1, 0.15) is 242 Å². The average molecular weight is 910 g/mol. The van der Waals surface area contributed by atoms with Crippen molar-refractivity contribution in [1.29, 1.82) is 0 Å². The molecule has 0 heterocycles. The van der Waals surface area contributed by atoms with E-state index < -0.39 is 0 Å². The van der Waals surface area contributed by atoms with Gasteiger partial charge in [-0.25, -0.2) is 0 Å². The Bertz CT molecular complexity index is 2630. The minimum Gasteiger partial charge on any atom is -0.310 e. The largest absolute Gasteiger partial charge is 0.310 e. The van der Waals surface area contributed by atoms with Crippen molar-refractivity contribution in [1.82, 2.24) is 0 Å². The van der Waals surface area contributed by atoms with Crippen molar-refractivity contribution >= 4 is 17.1 Å². The van der Waals surface area contributed by atoms with Crippen molar-refractivity contribution in [2.75, 3.05) is 4.90 Å². The summed E-state index contributed by atoms with van der Waals surface area (Å²) in [5.41, 5.74) is 21.7. The summed E-state index contributed by atoms with van der Waals surface area (Å²) in [5, 5.41) is 0. The van der Waals surface area contributed by atoms with Gasteiger partial charge in [-0.1, -0.05) is 187 Å². The third-order valence-corrected chi connectivity index (χ3v) is 19.2. The predicted molar refractivity (Wildman–Crippen MR) is 293 cm³/mol. The molecule has 1 nitrogen and oxygen atoms in total. The Kier molecular flexibility index (Phi) is 13.2. The highest BCUT2D eigenvalue weighted by Gasteiger charge is 2.41. The van der Waals surface area contributed by atoms with E-state index in [0.717, 1.165) is 5.92 Å². The van der Waals surface area contributed by atoms with E-state index in [2.05, 4.69) is 139 Å². The molecule has 0 spiro atoms. The van der Waals surface area contributed by atoms with Crippen LogP contribution in [0.2, 0.25) is 0 Å². The highest BCUT2D eigenvalue weighted by molar-refractivity contribution is 5.88. The lowest BCUT2D eigenvalue weighted by Crippen LogP contribution is -2.23. The number of hydrogen-bond donors (Lipinski definition) is 0. The van der Waals surface area contributed by atoms with E-state index in [1.165, 1.54) is 222 Å². The molecule has 6 aromatic rings. The molecule has 0 saturated heterocycles. The number of nitrogens with zero attached hydrogens (tertiary/aromatic N) is 1. The Morgan fingerprint density at radius 1 is 0.348 bits per heavy atom. The number of rotatable bonds is 10. The number of hydrogen-bond acceptors (Lipinski definition) is 1. The summed E-state index contributed by atoms with van der Waals surface area (Å²) >= 11 is 0. The molecule has 69 heavy (non-hydrogen) atoms. The minimum absolute atomic E-state index is 0.262. The van der Waals surface area contributed by atoms with Gasteiger partial charge in [0.15, 0.2) is 0 Å². The molecule has 356 valence electrons. The van der Waals surface area contributed by atoms with Gasteiger partial charge in [0.2, 0.25) is 0 Å². The zero-order chi connectivity index (χ0) is 46.2. The smallest absolute Gasteiger partial charge is 0.0465 e. The SMILES string of the molecule is CC1(c2ccc(C3CCCCC3)cc2)c2ccccc2-c2ccc(N(c3ccc(-c4c(C5CCCCC5)cc(C5CCCCC5)cc4C4CCCCC4)cc3)c3ccc(C4CCCCC4)cc3)cc21. The molecular weight excluding hydrogens is 831 g/mol. The van der Waals surface area contributed by atoms with Gasteiger partial charge in [0.1, 0.15) is 0 Å². The second-order valence-electron chi connectivity index (χ2n) is 23.2. The maximum absolute atomic E-state index is 2.77. The molecule has 12 rings (SSSR count). The van der Waals surface area contributed by atoms with Crippen LogP contribution in [0.25, 0.3) is 22.3 Å². The van der Waals surface area contributed by atoms with Crippen molar-refractivity contribution in [2.45, 2.75) is 202 Å². The number of anilines is 3. The van der Waals surface area contributed by atoms with E-state index >= 15 is 0 Å². The molecule has 0 aromatic heterocycles. The molecular formula is C68H79N. The summed E-state index contributed by atoms with van der Waals surface area (Å²) in [5.74, 6) is 3.48. The van der Waals surface area contributed by atoms with Crippen LogP contribution in [-0.2, 0) is 5.41 Å². The van der Waals surface area contributed by atoms with Crippen LogP contribution in [0.3, 0.4) is 0 Å². The zero-order valence-electron chi connectivity index (χ0n) is 42.1. The Morgan fingerprint density at radius 3 is 1.26 bits per heavy atom. The maximum atomic E-state index is 2.77. The summed E-state index contributed by atoms with van der Waals surface area (Å²) in [7, 11) is 0. The predicted octanol–water partition coefficient (Wildman–Crippen LogP) is 20.4. The Labute approximate surface area is 416 Å². The molecule has 0 N–H and O–H groups in total. The maximum Gasteiger partial charge on any atom is 0.0465 e. The lowest BCUT2D eigenvalue weighted by atomic mass is 9.72. The second-order valence-corrected chi connectivity index (χ2v) is 23.2. The average Bonchev–Trinajstić information content (AvgIpc) is 3.70. The molecule has 1 atom stereocenters. The van der Waals surface area contributed by atoms with Crippen molar-refractivity contribution < 1.29 is 0 Å². The summed E-state index contributed by atoms with van der Waals surface area (Å²) < 4.78 is 0.